The van der Waals surface area contributed by atoms with Gasteiger partial charge in [-0.05, 0) is 35.9 Å². The van der Waals surface area contributed by atoms with Crippen LogP contribution in [0.4, 0.5) is 5.95 Å². The third-order valence-electron chi connectivity index (χ3n) is 4.27. The van der Waals surface area contributed by atoms with Crippen molar-refractivity contribution in [2.24, 2.45) is 0 Å². The minimum atomic E-state index is -0.214. The zero-order chi connectivity index (χ0) is 20.1. The van der Waals surface area contributed by atoms with Crippen molar-refractivity contribution in [2.75, 3.05) is 12.5 Å². The van der Waals surface area contributed by atoms with Crippen LogP contribution in [0.25, 0.3) is 22.2 Å². The minimum Gasteiger partial charge on any atom is -0.497 e. The number of anilines is 1. The molecule has 0 aliphatic heterocycles. The summed E-state index contributed by atoms with van der Waals surface area (Å²) in [5, 5.41) is 9.12. The van der Waals surface area contributed by atoms with Gasteiger partial charge in [-0.3, -0.25) is 20.6 Å². The third-order valence-corrected chi connectivity index (χ3v) is 4.27. The Morgan fingerprint density at radius 1 is 1.03 bits per heavy atom. The first-order valence-corrected chi connectivity index (χ1v) is 8.94. The van der Waals surface area contributed by atoms with Crippen molar-refractivity contribution >= 4 is 22.8 Å². The van der Waals surface area contributed by atoms with E-state index in [0.717, 1.165) is 27.8 Å². The highest BCUT2D eigenvalue weighted by Gasteiger charge is 2.07. The van der Waals surface area contributed by atoms with Crippen molar-refractivity contribution in [1.82, 2.24) is 25.6 Å². The van der Waals surface area contributed by atoms with Crippen LogP contribution in [0.2, 0.25) is 0 Å². The molecule has 0 bridgehead atoms. The number of fused-ring (bicyclic) bond motifs is 1. The van der Waals surface area contributed by atoms with Gasteiger partial charge in [0.05, 0.1) is 25.2 Å². The number of hydrogen-bond acceptors (Lipinski definition) is 7. The predicted octanol–water partition coefficient (Wildman–Crippen LogP) is 2.78. The summed E-state index contributed by atoms with van der Waals surface area (Å²) < 4.78 is 5.21. The molecule has 0 saturated carbocycles. The number of carbonyl (C=O) groups is 1. The van der Waals surface area contributed by atoms with Gasteiger partial charge >= 0.3 is 0 Å². The fraction of sp³-hybridized carbons (Fsp3) is 0.0952. The van der Waals surface area contributed by atoms with Crippen LogP contribution in [0.3, 0.4) is 0 Å². The van der Waals surface area contributed by atoms with Crippen molar-refractivity contribution in [3.05, 3.63) is 72.6 Å². The lowest BCUT2D eigenvalue weighted by Gasteiger charge is -2.08. The summed E-state index contributed by atoms with van der Waals surface area (Å²) in [6.07, 6.45) is 3.53. The van der Waals surface area contributed by atoms with E-state index in [0.29, 0.717) is 5.69 Å². The van der Waals surface area contributed by atoms with Crippen LogP contribution < -0.4 is 15.6 Å². The molecule has 2 aromatic carbocycles. The molecular weight excluding hydrogens is 368 g/mol. The lowest BCUT2D eigenvalue weighted by Crippen LogP contribution is -2.31. The largest absolute Gasteiger partial charge is 0.497 e. The van der Waals surface area contributed by atoms with Gasteiger partial charge in [0.25, 0.3) is 5.95 Å². The molecule has 0 aliphatic carbocycles. The summed E-state index contributed by atoms with van der Waals surface area (Å²) in [7, 11) is 1.60. The van der Waals surface area contributed by atoms with Crippen LogP contribution in [0.1, 0.15) is 5.56 Å². The summed E-state index contributed by atoms with van der Waals surface area (Å²) in [5.74, 6) is 0.713. The number of amides is 1. The quantitative estimate of drug-likeness (QED) is 0.491. The highest BCUT2D eigenvalue weighted by atomic mass is 16.5. The van der Waals surface area contributed by atoms with Gasteiger partial charge in [-0.2, -0.15) is 0 Å². The zero-order valence-electron chi connectivity index (χ0n) is 15.7. The van der Waals surface area contributed by atoms with E-state index < -0.39 is 0 Å². The van der Waals surface area contributed by atoms with Gasteiger partial charge in [0.2, 0.25) is 5.91 Å². The molecule has 8 heteroatoms. The Morgan fingerprint density at radius 2 is 1.97 bits per heavy atom. The Morgan fingerprint density at radius 3 is 2.79 bits per heavy atom. The summed E-state index contributed by atoms with van der Waals surface area (Å²) >= 11 is 0. The van der Waals surface area contributed by atoms with Gasteiger partial charge in [0, 0.05) is 17.1 Å². The average Bonchev–Trinajstić information content (AvgIpc) is 2.78. The van der Waals surface area contributed by atoms with E-state index in [2.05, 4.69) is 31.0 Å². The van der Waals surface area contributed by atoms with E-state index >= 15 is 0 Å². The molecule has 8 nitrogen and oxygen atoms in total. The first-order chi connectivity index (χ1) is 14.2. The van der Waals surface area contributed by atoms with Crippen molar-refractivity contribution in [2.45, 2.75) is 6.42 Å². The second kappa shape index (κ2) is 8.30. The van der Waals surface area contributed by atoms with Gasteiger partial charge < -0.3 is 4.74 Å². The number of carbonyl (C=O) groups excluding carboxylic acids is 1. The number of pyridine rings is 1. The number of rotatable bonds is 6. The fourth-order valence-electron chi connectivity index (χ4n) is 2.84. The molecule has 0 saturated heterocycles. The van der Waals surface area contributed by atoms with E-state index in [1.807, 2.05) is 54.6 Å². The summed E-state index contributed by atoms with van der Waals surface area (Å²) in [6.45, 7) is 0. The molecule has 1 amide bonds. The molecule has 0 fully saturated rings. The maximum atomic E-state index is 12.2. The fourth-order valence-corrected chi connectivity index (χ4v) is 2.84. The van der Waals surface area contributed by atoms with Crippen molar-refractivity contribution in [1.29, 1.82) is 0 Å². The summed E-state index contributed by atoms with van der Waals surface area (Å²) in [4.78, 5) is 20.7. The van der Waals surface area contributed by atoms with Crippen LogP contribution in [0, 0.1) is 0 Å². The lowest BCUT2D eigenvalue weighted by molar-refractivity contribution is -0.119. The summed E-state index contributed by atoms with van der Waals surface area (Å²) in [5.41, 5.74) is 8.49. The lowest BCUT2D eigenvalue weighted by atomic mass is 10.1. The Balaban J connectivity index is 1.36. The first-order valence-electron chi connectivity index (χ1n) is 8.94. The van der Waals surface area contributed by atoms with E-state index in [1.165, 1.54) is 0 Å². The molecular formula is C21H18N6O2. The molecule has 144 valence electrons. The van der Waals surface area contributed by atoms with Crippen molar-refractivity contribution in [3.8, 4) is 17.0 Å². The molecule has 4 aromatic rings. The van der Waals surface area contributed by atoms with E-state index in [9.17, 15) is 4.79 Å². The van der Waals surface area contributed by atoms with Gasteiger partial charge in [0.1, 0.15) is 11.4 Å². The molecule has 0 atom stereocenters. The predicted molar refractivity (Wildman–Crippen MR) is 109 cm³/mol. The minimum absolute atomic E-state index is 0.202. The number of benzene rings is 2. The normalized spacial score (nSPS) is 10.5. The molecule has 0 unspecified atom stereocenters. The smallest absolute Gasteiger partial charge is 0.261 e. The molecule has 4 rings (SSSR count). The van der Waals surface area contributed by atoms with E-state index in [1.54, 1.807) is 19.5 Å². The van der Waals surface area contributed by atoms with Crippen LogP contribution >= 0.6 is 0 Å². The van der Waals surface area contributed by atoms with Gasteiger partial charge in [-0.25, -0.2) is 4.98 Å². The molecule has 2 heterocycles. The van der Waals surface area contributed by atoms with E-state index in [-0.39, 0.29) is 18.3 Å². The summed E-state index contributed by atoms with van der Waals surface area (Å²) in [6, 6.07) is 17.0. The van der Waals surface area contributed by atoms with Crippen LogP contribution in [-0.4, -0.2) is 33.2 Å². The monoisotopic (exact) mass is 386 g/mol. The van der Waals surface area contributed by atoms with Gasteiger partial charge in [0.15, 0.2) is 0 Å². The Labute approximate surface area is 167 Å². The molecule has 2 N–H and O–H groups in total. The molecule has 0 spiro atoms. The zero-order valence-corrected chi connectivity index (χ0v) is 15.7. The third kappa shape index (κ3) is 4.44. The maximum absolute atomic E-state index is 12.2. The first kappa shape index (κ1) is 18.3. The number of methoxy groups -OCH3 is 1. The molecule has 29 heavy (non-hydrogen) atoms. The molecule has 0 aliphatic rings. The van der Waals surface area contributed by atoms with Gasteiger partial charge in [-0.15, -0.1) is 10.2 Å². The standard InChI is InChI=1S/C21H18N6O2/c1-29-17-6-2-4-16(12-17)19-13-23-21(26-24-19)27-25-20(28)11-14-7-8-18-15(10-14)5-3-9-22-18/h2-10,12-13H,11H2,1H3,(H,25,28)(H,23,26,27). The number of hydrogen-bond donors (Lipinski definition) is 2. The van der Waals surface area contributed by atoms with Crippen LogP contribution in [-0.2, 0) is 11.2 Å². The van der Waals surface area contributed by atoms with Crippen LogP contribution in [0.5, 0.6) is 5.75 Å². The van der Waals surface area contributed by atoms with Gasteiger partial charge in [-0.1, -0.05) is 24.3 Å². The highest BCUT2D eigenvalue weighted by molar-refractivity contribution is 5.83. The van der Waals surface area contributed by atoms with Crippen molar-refractivity contribution in [3.63, 3.8) is 0 Å². The number of nitrogens with one attached hydrogen (secondary N) is 2. The Kier molecular flexibility index (Phi) is 5.24. The average molecular weight is 386 g/mol. The molecule has 2 aromatic heterocycles. The maximum Gasteiger partial charge on any atom is 0.261 e. The number of aromatic nitrogens is 4. The van der Waals surface area contributed by atoms with Crippen LogP contribution in [0.15, 0.2) is 67.0 Å². The topological polar surface area (TPSA) is 102 Å². The number of nitrogens with zero attached hydrogens (tertiary/aromatic N) is 4. The number of ether oxygens (including phenoxy) is 1. The molecule has 0 radical (unpaired) electrons. The number of hydrazine groups is 1. The van der Waals surface area contributed by atoms with E-state index in [4.69, 9.17) is 4.74 Å². The Bertz CT molecular complexity index is 1150. The second-order valence-electron chi connectivity index (χ2n) is 6.28. The van der Waals surface area contributed by atoms with Crippen molar-refractivity contribution < 1.29 is 9.53 Å². The SMILES string of the molecule is COc1cccc(-c2cnc(NNC(=O)Cc3ccc4ncccc4c3)nn2)c1. The second-order valence-corrected chi connectivity index (χ2v) is 6.28. The highest BCUT2D eigenvalue weighted by Crippen LogP contribution is 2.21. The Hall–Kier alpha value is -4.07.